The zero-order valence-corrected chi connectivity index (χ0v) is 7.73. The molecule has 0 rings (SSSR count). The first kappa shape index (κ1) is 10.5. The maximum absolute atomic E-state index is 11.0. The molecule has 0 N–H and O–H groups in total. The van der Waals surface area contributed by atoms with Crippen LogP contribution >= 0.6 is 20.5 Å². The maximum atomic E-state index is 11.0. The largest absolute Gasteiger partial charge is 0.474 e. The van der Waals surface area contributed by atoms with Crippen molar-refractivity contribution in [3.05, 3.63) is 0 Å². The summed E-state index contributed by atoms with van der Waals surface area (Å²) in [5, 5.41) is 0. The number of phosphoric ester groups is 1. The van der Waals surface area contributed by atoms with Gasteiger partial charge in [0, 0.05) is 20.0 Å². The van der Waals surface area contributed by atoms with E-state index in [0.717, 1.165) is 0 Å². The Labute approximate surface area is 65.9 Å². The number of thiol groups is 1. The van der Waals surface area contributed by atoms with Crippen LogP contribution in [0.3, 0.4) is 0 Å². The van der Waals surface area contributed by atoms with Gasteiger partial charge in [0.2, 0.25) is 0 Å². The summed E-state index contributed by atoms with van der Waals surface area (Å²) in [4.78, 5) is 0. The fourth-order valence-corrected chi connectivity index (χ4v) is 1.24. The fourth-order valence-electron chi connectivity index (χ4n) is 0.333. The van der Waals surface area contributed by atoms with E-state index in [2.05, 4.69) is 21.7 Å². The quantitative estimate of drug-likeness (QED) is 0.519. The Bertz CT molecular complexity index is 120. The van der Waals surface area contributed by atoms with Crippen LogP contribution in [0.2, 0.25) is 0 Å². The van der Waals surface area contributed by atoms with Gasteiger partial charge in [-0.15, -0.1) is 0 Å². The second-order valence-corrected chi connectivity index (χ2v) is 3.70. The first-order valence-corrected chi connectivity index (χ1v) is 4.74. The van der Waals surface area contributed by atoms with Gasteiger partial charge in [0.05, 0.1) is 6.61 Å². The van der Waals surface area contributed by atoms with Crippen LogP contribution in [0.1, 0.15) is 0 Å². The molecule has 0 aliphatic heterocycles. The van der Waals surface area contributed by atoms with E-state index in [1.807, 2.05) is 0 Å². The van der Waals surface area contributed by atoms with Gasteiger partial charge in [-0.3, -0.25) is 13.6 Å². The van der Waals surface area contributed by atoms with Crippen molar-refractivity contribution in [3.63, 3.8) is 0 Å². The molecule has 6 heteroatoms. The third-order valence-corrected chi connectivity index (χ3v) is 2.36. The van der Waals surface area contributed by atoms with Gasteiger partial charge in [-0.2, -0.15) is 12.6 Å². The summed E-state index contributed by atoms with van der Waals surface area (Å²) < 4.78 is 24.7. The molecule has 0 fully saturated rings. The Morgan fingerprint density at radius 3 is 2.20 bits per heavy atom. The van der Waals surface area contributed by atoms with Crippen LogP contribution in [-0.2, 0) is 18.1 Å². The molecular weight excluding hydrogens is 175 g/mol. The molecule has 0 amide bonds. The van der Waals surface area contributed by atoms with E-state index in [0.29, 0.717) is 5.75 Å². The van der Waals surface area contributed by atoms with Crippen LogP contribution < -0.4 is 0 Å². The molecule has 0 bridgehead atoms. The number of phosphoric acid groups is 1. The van der Waals surface area contributed by atoms with Crippen molar-refractivity contribution in [1.29, 1.82) is 0 Å². The van der Waals surface area contributed by atoms with E-state index in [-0.39, 0.29) is 6.61 Å². The zero-order chi connectivity index (χ0) is 8.04. The molecule has 0 aromatic carbocycles. The van der Waals surface area contributed by atoms with E-state index in [1.54, 1.807) is 0 Å². The molecule has 0 aromatic heterocycles. The summed E-state index contributed by atoms with van der Waals surface area (Å²) in [6.07, 6.45) is 0. The molecule has 0 atom stereocenters. The van der Waals surface area contributed by atoms with Crippen molar-refractivity contribution in [2.24, 2.45) is 0 Å². The molecule has 0 saturated heterocycles. The smallest absolute Gasteiger partial charge is 0.290 e. The predicted molar refractivity (Wildman–Crippen MR) is 41.4 cm³/mol. The lowest BCUT2D eigenvalue weighted by Gasteiger charge is -2.11. The highest BCUT2D eigenvalue weighted by Gasteiger charge is 2.21. The van der Waals surface area contributed by atoms with Crippen molar-refractivity contribution in [2.45, 2.75) is 0 Å². The van der Waals surface area contributed by atoms with Gasteiger partial charge >= 0.3 is 7.82 Å². The van der Waals surface area contributed by atoms with Gasteiger partial charge < -0.3 is 0 Å². The Balaban J connectivity index is 3.70. The van der Waals surface area contributed by atoms with Gasteiger partial charge in [0.25, 0.3) is 0 Å². The van der Waals surface area contributed by atoms with Crippen molar-refractivity contribution in [3.8, 4) is 0 Å². The SMILES string of the molecule is COP(=O)(OC)OCCS. The molecule has 0 radical (unpaired) electrons. The second-order valence-electron chi connectivity index (χ2n) is 1.37. The molecule has 0 unspecified atom stereocenters. The Morgan fingerprint density at radius 1 is 1.40 bits per heavy atom. The average molecular weight is 186 g/mol. The highest BCUT2D eigenvalue weighted by atomic mass is 32.1. The Hall–Kier alpha value is 0.460. The number of hydrogen-bond donors (Lipinski definition) is 1. The van der Waals surface area contributed by atoms with Crippen LogP contribution in [0.5, 0.6) is 0 Å². The normalized spacial score (nSPS) is 11.9. The van der Waals surface area contributed by atoms with Crippen molar-refractivity contribution in [1.82, 2.24) is 0 Å². The van der Waals surface area contributed by atoms with E-state index in [9.17, 15) is 4.57 Å². The molecule has 62 valence electrons. The van der Waals surface area contributed by atoms with Gasteiger partial charge in [0.15, 0.2) is 0 Å². The highest BCUT2D eigenvalue weighted by molar-refractivity contribution is 7.80. The van der Waals surface area contributed by atoms with Crippen molar-refractivity contribution < 1.29 is 18.1 Å². The second kappa shape index (κ2) is 5.16. The summed E-state index contributed by atoms with van der Waals surface area (Å²) >= 11 is 3.85. The maximum Gasteiger partial charge on any atom is 0.474 e. The molecule has 0 heterocycles. The van der Waals surface area contributed by atoms with Crippen LogP contribution in [0.15, 0.2) is 0 Å². The minimum Gasteiger partial charge on any atom is -0.290 e. The zero-order valence-electron chi connectivity index (χ0n) is 5.94. The molecule has 0 aromatic rings. The fraction of sp³-hybridized carbons (Fsp3) is 1.00. The van der Waals surface area contributed by atoms with E-state index < -0.39 is 7.82 Å². The van der Waals surface area contributed by atoms with Crippen LogP contribution in [0, 0.1) is 0 Å². The van der Waals surface area contributed by atoms with E-state index >= 15 is 0 Å². The van der Waals surface area contributed by atoms with Gasteiger partial charge in [-0.1, -0.05) is 0 Å². The molecular formula is C4H11O4PS. The molecule has 0 aliphatic carbocycles. The first-order chi connectivity index (χ1) is 4.68. The average Bonchev–Trinajstić information content (AvgIpc) is 2.00. The van der Waals surface area contributed by atoms with E-state index in [4.69, 9.17) is 4.52 Å². The summed E-state index contributed by atoms with van der Waals surface area (Å²) in [6, 6.07) is 0. The van der Waals surface area contributed by atoms with Crippen LogP contribution in [-0.4, -0.2) is 26.6 Å². The Morgan fingerprint density at radius 2 is 1.90 bits per heavy atom. The minimum absolute atomic E-state index is 0.252. The summed E-state index contributed by atoms with van der Waals surface area (Å²) in [5.74, 6) is 0.483. The lowest BCUT2D eigenvalue weighted by molar-refractivity contribution is 0.159. The molecule has 0 saturated carbocycles. The van der Waals surface area contributed by atoms with Crippen LogP contribution in [0.25, 0.3) is 0 Å². The van der Waals surface area contributed by atoms with Crippen molar-refractivity contribution in [2.75, 3.05) is 26.6 Å². The van der Waals surface area contributed by atoms with Gasteiger partial charge in [-0.05, 0) is 0 Å². The molecule has 0 spiro atoms. The number of rotatable bonds is 5. The monoisotopic (exact) mass is 186 g/mol. The third kappa shape index (κ3) is 3.58. The van der Waals surface area contributed by atoms with Gasteiger partial charge in [0.1, 0.15) is 0 Å². The third-order valence-electron chi connectivity index (χ3n) is 0.788. The molecule has 10 heavy (non-hydrogen) atoms. The highest BCUT2D eigenvalue weighted by Crippen LogP contribution is 2.47. The number of hydrogen-bond acceptors (Lipinski definition) is 5. The van der Waals surface area contributed by atoms with E-state index in [1.165, 1.54) is 14.2 Å². The summed E-state index contributed by atoms with van der Waals surface area (Å²) in [6.45, 7) is 0.252. The van der Waals surface area contributed by atoms with Crippen LogP contribution in [0.4, 0.5) is 0 Å². The summed E-state index contributed by atoms with van der Waals surface area (Å²) in [7, 11) is -0.713. The lowest BCUT2D eigenvalue weighted by Crippen LogP contribution is -1.97. The topological polar surface area (TPSA) is 44.8 Å². The summed E-state index contributed by atoms with van der Waals surface area (Å²) in [5.41, 5.74) is 0. The predicted octanol–water partition coefficient (Wildman–Crippen LogP) is 1.33. The first-order valence-electron chi connectivity index (χ1n) is 2.65. The standard InChI is InChI=1S/C4H11O4PS/c1-6-9(5,7-2)8-3-4-10/h10H,3-4H2,1-2H3. The molecule has 0 aliphatic rings. The Kier molecular flexibility index (Phi) is 5.39. The van der Waals surface area contributed by atoms with Crippen molar-refractivity contribution >= 4 is 20.5 Å². The van der Waals surface area contributed by atoms with Gasteiger partial charge in [-0.25, -0.2) is 4.57 Å². The molecule has 4 nitrogen and oxygen atoms in total. The lowest BCUT2D eigenvalue weighted by atomic mass is 10.9. The minimum atomic E-state index is -3.25.